The van der Waals surface area contributed by atoms with E-state index in [1.165, 1.54) is 0 Å². The molecule has 0 bridgehead atoms. The average Bonchev–Trinajstić information content (AvgIpc) is 2.63. The molecule has 1 aromatic carbocycles. The van der Waals surface area contributed by atoms with Gasteiger partial charge < -0.3 is 15.1 Å². The van der Waals surface area contributed by atoms with Crippen molar-refractivity contribution in [1.29, 1.82) is 0 Å². The van der Waals surface area contributed by atoms with Gasteiger partial charge in [-0.15, -0.1) is 0 Å². The molecule has 134 valence electrons. The number of hydrogen-bond acceptors (Lipinski definition) is 5. The standard InChI is InChI=1S/C18H25N5O2/c1-3-22-8-10-23(11-9-22)18-20-15(12-16(24)21-18)17(25)19-14-6-4-13(2)5-7-14/h4-7,15H,3,8-12H2,1-2H3,(H,19,25)(H,20,21,24)/t15-/m1/s1. The van der Waals surface area contributed by atoms with Gasteiger partial charge in [0.05, 0.1) is 6.42 Å². The normalized spacial score (nSPS) is 21.5. The number of piperazine rings is 1. The van der Waals surface area contributed by atoms with E-state index >= 15 is 0 Å². The first kappa shape index (κ1) is 17.4. The minimum Gasteiger partial charge on any atom is -0.340 e. The van der Waals surface area contributed by atoms with Gasteiger partial charge in [0.1, 0.15) is 6.04 Å². The molecule has 0 spiro atoms. The van der Waals surface area contributed by atoms with E-state index in [4.69, 9.17) is 0 Å². The average molecular weight is 343 g/mol. The Labute approximate surface area is 148 Å². The molecule has 1 saturated heterocycles. The summed E-state index contributed by atoms with van der Waals surface area (Å²) in [6, 6.07) is 6.89. The highest BCUT2D eigenvalue weighted by molar-refractivity contribution is 6.05. The fourth-order valence-corrected chi connectivity index (χ4v) is 3.03. The summed E-state index contributed by atoms with van der Waals surface area (Å²) in [5, 5.41) is 5.66. The number of benzene rings is 1. The summed E-state index contributed by atoms with van der Waals surface area (Å²) < 4.78 is 0. The Morgan fingerprint density at radius 2 is 1.92 bits per heavy atom. The molecule has 0 radical (unpaired) electrons. The van der Waals surface area contributed by atoms with Crippen LogP contribution in [0.2, 0.25) is 0 Å². The number of carbonyl (C=O) groups excluding carboxylic acids is 2. The van der Waals surface area contributed by atoms with Gasteiger partial charge in [0, 0.05) is 31.9 Å². The van der Waals surface area contributed by atoms with Crippen LogP contribution in [0.1, 0.15) is 18.9 Å². The third kappa shape index (κ3) is 4.36. The lowest BCUT2D eigenvalue weighted by Gasteiger charge is -2.37. The van der Waals surface area contributed by atoms with Crippen molar-refractivity contribution in [1.82, 2.24) is 15.1 Å². The van der Waals surface area contributed by atoms with Gasteiger partial charge in [0.2, 0.25) is 17.8 Å². The predicted octanol–water partition coefficient (Wildman–Crippen LogP) is 0.816. The molecule has 25 heavy (non-hydrogen) atoms. The van der Waals surface area contributed by atoms with Crippen LogP contribution < -0.4 is 10.6 Å². The number of amides is 2. The van der Waals surface area contributed by atoms with Crippen molar-refractivity contribution >= 4 is 23.5 Å². The van der Waals surface area contributed by atoms with Crippen molar-refractivity contribution in [3.63, 3.8) is 0 Å². The number of hydrogen-bond donors (Lipinski definition) is 2. The smallest absolute Gasteiger partial charge is 0.249 e. The zero-order valence-corrected chi connectivity index (χ0v) is 14.8. The molecule has 2 aliphatic rings. The first-order valence-corrected chi connectivity index (χ1v) is 8.77. The topological polar surface area (TPSA) is 77.0 Å². The lowest BCUT2D eigenvalue weighted by Crippen LogP contribution is -2.56. The van der Waals surface area contributed by atoms with E-state index in [0.717, 1.165) is 44.0 Å². The zero-order valence-electron chi connectivity index (χ0n) is 14.8. The fourth-order valence-electron chi connectivity index (χ4n) is 3.03. The third-order valence-electron chi connectivity index (χ3n) is 4.65. The van der Waals surface area contributed by atoms with Crippen LogP contribution in [-0.2, 0) is 9.59 Å². The summed E-state index contributed by atoms with van der Waals surface area (Å²) in [5.41, 5.74) is 1.84. The Hall–Kier alpha value is -2.41. The number of aryl methyl sites for hydroxylation is 1. The lowest BCUT2D eigenvalue weighted by atomic mass is 10.1. The summed E-state index contributed by atoms with van der Waals surface area (Å²) in [6.45, 7) is 8.64. The largest absolute Gasteiger partial charge is 0.340 e. The quantitative estimate of drug-likeness (QED) is 0.852. The molecule has 2 heterocycles. The molecule has 0 saturated carbocycles. The van der Waals surface area contributed by atoms with E-state index in [0.29, 0.717) is 5.96 Å². The second kappa shape index (κ2) is 7.65. The molecule has 2 amide bonds. The molecule has 7 heteroatoms. The van der Waals surface area contributed by atoms with Gasteiger partial charge in [-0.3, -0.25) is 14.9 Å². The first-order valence-electron chi connectivity index (χ1n) is 8.77. The van der Waals surface area contributed by atoms with Crippen molar-refractivity contribution in [2.45, 2.75) is 26.3 Å². The van der Waals surface area contributed by atoms with Crippen molar-refractivity contribution in [3.8, 4) is 0 Å². The monoisotopic (exact) mass is 343 g/mol. The summed E-state index contributed by atoms with van der Waals surface area (Å²) >= 11 is 0. The number of carbonyl (C=O) groups is 2. The fraction of sp³-hybridized carbons (Fsp3) is 0.500. The van der Waals surface area contributed by atoms with E-state index < -0.39 is 6.04 Å². The van der Waals surface area contributed by atoms with Crippen LogP contribution in [0.25, 0.3) is 0 Å². The molecule has 2 aliphatic heterocycles. The number of anilines is 1. The minimum atomic E-state index is -0.686. The van der Waals surface area contributed by atoms with Gasteiger partial charge in [-0.05, 0) is 25.6 Å². The van der Waals surface area contributed by atoms with E-state index in [-0.39, 0.29) is 18.2 Å². The molecule has 1 aromatic rings. The Morgan fingerprint density at radius 3 is 2.56 bits per heavy atom. The summed E-state index contributed by atoms with van der Waals surface area (Å²) in [5.74, 6) is 0.117. The lowest BCUT2D eigenvalue weighted by molar-refractivity contribution is -0.125. The predicted molar refractivity (Wildman–Crippen MR) is 97.5 cm³/mol. The van der Waals surface area contributed by atoms with Crippen LogP contribution in [0.4, 0.5) is 5.69 Å². The Morgan fingerprint density at radius 1 is 1.24 bits per heavy atom. The Bertz CT molecular complexity index is 663. The maximum Gasteiger partial charge on any atom is 0.249 e. The molecule has 7 nitrogen and oxygen atoms in total. The molecular formula is C18H25N5O2. The van der Waals surface area contributed by atoms with E-state index in [9.17, 15) is 9.59 Å². The molecular weight excluding hydrogens is 318 g/mol. The number of likely N-dealkylation sites (N-methyl/N-ethyl adjacent to an activating group) is 1. The van der Waals surface area contributed by atoms with Gasteiger partial charge in [-0.25, -0.2) is 4.99 Å². The van der Waals surface area contributed by atoms with Gasteiger partial charge in [0.15, 0.2) is 0 Å². The van der Waals surface area contributed by atoms with E-state index in [1.54, 1.807) is 0 Å². The van der Waals surface area contributed by atoms with Crippen molar-refractivity contribution in [3.05, 3.63) is 29.8 Å². The second-order valence-corrected chi connectivity index (χ2v) is 6.50. The maximum atomic E-state index is 12.5. The van der Waals surface area contributed by atoms with Gasteiger partial charge in [-0.1, -0.05) is 24.6 Å². The molecule has 1 atom stereocenters. The molecule has 2 N–H and O–H groups in total. The second-order valence-electron chi connectivity index (χ2n) is 6.50. The number of aliphatic imine (C=N–C) groups is 1. The zero-order chi connectivity index (χ0) is 17.8. The van der Waals surface area contributed by atoms with Crippen molar-refractivity contribution in [2.24, 2.45) is 4.99 Å². The van der Waals surface area contributed by atoms with Crippen LogP contribution in [0.3, 0.4) is 0 Å². The minimum absolute atomic E-state index is 0.0795. The maximum absolute atomic E-state index is 12.5. The van der Waals surface area contributed by atoms with E-state index in [1.807, 2.05) is 31.2 Å². The molecule has 0 unspecified atom stereocenters. The third-order valence-corrected chi connectivity index (χ3v) is 4.65. The van der Waals surface area contributed by atoms with Crippen LogP contribution in [0, 0.1) is 6.92 Å². The van der Waals surface area contributed by atoms with Crippen molar-refractivity contribution in [2.75, 3.05) is 38.0 Å². The van der Waals surface area contributed by atoms with Gasteiger partial charge in [-0.2, -0.15) is 0 Å². The summed E-state index contributed by atoms with van der Waals surface area (Å²) in [6.07, 6.45) is 0.0795. The molecule has 1 fully saturated rings. The highest BCUT2D eigenvalue weighted by atomic mass is 16.2. The number of nitrogens with one attached hydrogen (secondary N) is 2. The molecule has 0 aliphatic carbocycles. The SMILES string of the molecule is CCN1CCN(C2=N[C@@H](C(=O)Nc3ccc(C)cc3)CC(=O)N2)CC1. The summed E-state index contributed by atoms with van der Waals surface area (Å²) in [7, 11) is 0. The first-order chi connectivity index (χ1) is 12.0. The number of rotatable bonds is 3. The van der Waals surface area contributed by atoms with Gasteiger partial charge >= 0.3 is 0 Å². The number of nitrogens with zero attached hydrogens (tertiary/aromatic N) is 3. The summed E-state index contributed by atoms with van der Waals surface area (Å²) in [4.78, 5) is 33.4. The van der Waals surface area contributed by atoms with Gasteiger partial charge in [0.25, 0.3) is 0 Å². The van der Waals surface area contributed by atoms with Crippen LogP contribution in [0.15, 0.2) is 29.3 Å². The molecule has 3 rings (SSSR count). The van der Waals surface area contributed by atoms with Crippen LogP contribution in [-0.4, -0.2) is 66.3 Å². The van der Waals surface area contributed by atoms with E-state index in [2.05, 4.69) is 32.3 Å². The highest BCUT2D eigenvalue weighted by Gasteiger charge is 2.30. The Kier molecular flexibility index (Phi) is 5.33. The Balaban J connectivity index is 1.67. The van der Waals surface area contributed by atoms with Crippen LogP contribution >= 0.6 is 0 Å². The van der Waals surface area contributed by atoms with Crippen molar-refractivity contribution < 1.29 is 9.59 Å². The highest BCUT2D eigenvalue weighted by Crippen LogP contribution is 2.13. The van der Waals surface area contributed by atoms with Crippen LogP contribution in [0.5, 0.6) is 0 Å². The number of guanidine groups is 1. The molecule has 0 aromatic heterocycles.